The summed E-state index contributed by atoms with van der Waals surface area (Å²) >= 11 is 4.46. The first kappa shape index (κ1) is 11.6. The highest BCUT2D eigenvalue weighted by Gasteiger charge is 2.33. The second-order valence-corrected chi connectivity index (χ2v) is 3.15. The van der Waals surface area contributed by atoms with Gasteiger partial charge in [-0.3, -0.25) is 0 Å². The number of aromatic nitrogens is 2. The first-order chi connectivity index (χ1) is 6.79. The molecule has 0 aliphatic heterocycles. The van der Waals surface area contributed by atoms with Gasteiger partial charge >= 0.3 is 6.18 Å². The average Bonchev–Trinajstić information content (AvgIpc) is 1.99. The molecular weight excluding hydrogens is 229 g/mol. The van der Waals surface area contributed by atoms with Gasteiger partial charge in [-0.2, -0.15) is 13.2 Å². The number of halogens is 3. The maximum absolute atomic E-state index is 12.3. The van der Waals surface area contributed by atoms with Gasteiger partial charge in [-0.15, -0.1) is 0 Å². The van der Waals surface area contributed by atoms with Crippen molar-refractivity contribution in [3.8, 4) is 0 Å². The van der Waals surface area contributed by atoms with Gasteiger partial charge in [0, 0.05) is 5.69 Å². The number of thiocarbonyl (C=S) groups is 1. The van der Waals surface area contributed by atoms with Gasteiger partial charge in [0.25, 0.3) is 0 Å². The molecule has 0 spiro atoms. The van der Waals surface area contributed by atoms with Crippen molar-refractivity contribution in [2.45, 2.75) is 13.1 Å². The number of nitrogens with two attached hydrogens (primary N) is 1. The fourth-order valence-corrected chi connectivity index (χ4v) is 0.971. The first-order valence-electron chi connectivity index (χ1n) is 3.78. The zero-order valence-electron chi connectivity index (χ0n) is 7.59. The highest BCUT2D eigenvalue weighted by molar-refractivity contribution is 7.80. The van der Waals surface area contributed by atoms with Gasteiger partial charge in [0.1, 0.15) is 5.69 Å². The summed E-state index contributed by atoms with van der Waals surface area (Å²) < 4.78 is 36.9. The van der Waals surface area contributed by atoms with Crippen molar-refractivity contribution in [2.75, 3.05) is 5.32 Å². The third-order valence-corrected chi connectivity index (χ3v) is 1.48. The van der Waals surface area contributed by atoms with Crippen LogP contribution in [0.4, 0.5) is 19.1 Å². The molecule has 3 N–H and O–H groups in total. The van der Waals surface area contributed by atoms with Crippen molar-refractivity contribution in [2.24, 2.45) is 5.73 Å². The monoisotopic (exact) mass is 236 g/mol. The molecule has 0 bridgehead atoms. The summed E-state index contributed by atoms with van der Waals surface area (Å²) in [5.41, 5.74) is 4.24. The fourth-order valence-electron chi connectivity index (χ4n) is 0.880. The number of alkyl halides is 3. The van der Waals surface area contributed by atoms with Crippen molar-refractivity contribution in [1.82, 2.24) is 9.97 Å². The molecule has 4 nitrogen and oxygen atoms in total. The highest BCUT2D eigenvalue weighted by atomic mass is 32.1. The lowest BCUT2D eigenvalue weighted by Gasteiger charge is -2.08. The van der Waals surface area contributed by atoms with E-state index in [-0.39, 0.29) is 16.8 Å². The van der Waals surface area contributed by atoms with Crippen LogP contribution in [-0.2, 0) is 6.18 Å². The molecule has 0 saturated heterocycles. The van der Waals surface area contributed by atoms with Crippen molar-refractivity contribution in [3.63, 3.8) is 0 Å². The van der Waals surface area contributed by atoms with Crippen LogP contribution >= 0.6 is 12.2 Å². The van der Waals surface area contributed by atoms with Crippen molar-refractivity contribution in [3.05, 3.63) is 17.5 Å². The molecule has 0 unspecified atom stereocenters. The largest absolute Gasteiger partial charge is 0.433 e. The molecular formula is C7H7F3N4S. The van der Waals surface area contributed by atoms with E-state index in [0.29, 0.717) is 0 Å². The number of nitrogens with zero attached hydrogens (tertiary/aromatic N) is 2. The van der Waals surface area contributed by atoms with E-state index in [2.05, 4.69) is 27.5 Å². The van der Waals surface area contributed by atoms with Crippen molar-refractivity contribution >= 4 is 23.3 Å². The molecule has 15 heavy (non-hydrogen) atoms. The second kappa shape index (κ2) is 3.97. The molecule has 1 aromatic heterocycles. The predicted molar refractivity (Wildman–Crippen MR) is 52.2 cm³/mol. The van der Waals surface area contributed by atoms with Crippen LogP contribution in [0.1, 0.15) is 11.4 Å². The number of rotatable bonds is 1. The molecule has 0 saturated carbocycles. The topological polar surface area (TPSA) is 63.8 Å². The first-order valence-corrected chi connectivity index (χ1v) is 4.19. The van der Waals surface area contributed by atoms with Crippen LogP contribution in [0.15, 0.2) is 6.07 Å². The van der Waals surface area contributed by atoms with Crippen LogP contribution in [0, 0.1) is 6.92 Å². The van der Waals surface area contributed by atoms with E-state index in [1.54, 1.807) is 0 Å². The molecule has 1 rings (SSSR count). The third-order valence-electron chi connectivity index (χ3n) is 1.38. The maximum Gasteiger partial charge on any atom is 0.433 e. The summed E-state index contributed by atoms with van der Waals surface area (Å²) in [6, 6.07) is 0.838. The normalized spacial score (nSPS) is 11.2. The Hall–Kier alpha value is -1.44. The molecule has 1 heterocycles. The molecule has 0 amide bonds. The quantitative estimate of drug-likeness (QED) is 0.723. The lowest BCUT2D eigenvalue weighted by molar-refractivity contribution is -0.141. The molecule has 1 aromatic rings. The minimum absolute atomic E-state index is 0.177. The van der Waals surface area contributed by atoms with E-state index in [0.717, 1.165) is 6.07 Å². The summed E-state index contributed by atoms with van der Waals surface area (Å²) in [4.78, 5) is 6.93. The van der Waals surface area contributed by atoms with Crippen molar-refractivity contribution < 1.29 is 13.2 Å². The number of aryl methyl sites for hydroxylation is 1. The van der Waals surface area contributed by atoms with Crippen LogP contribution in [0.2, 0.25) is 0 Å². The zero-order chi connectivity index (χ0) is 11.6. The number of hydrogen-bond donors (Lipinski definition) is 2. The van der Waals surface area contributed by atoms with Crippen LogP contribution in [0.25, 0.3) is 0 Å². The van der Waals surface area contributed by atoms with Gasteiger partial charge in [-0.1, -0.05) is 0 Å². The van der Waals surface area contributed by atoms with Gasteiger partial charge < -0.3 is 11.1 Å². The fraction of sp³-hybridized carbons (Fsp3) is 0.286. The lowest BCUT2D eigenvalue weighted by atomic mass is 10.3. The smallest absolute Gasteiger partial charge is 0.376 e. The van der Waals surface area contributed by atoms with E-state index < -0.39 is 11.9 Å². The molecule has 0 atom stereocenters. The van der Waals surface area contributed by atoms with Gasteiger partial charge in [0.15, 0.2) is 5.11 Å². The van der Waals surface area contributed by atoms with E-state index in [9.17, 15) is 13.2 Å². The summed E-state index contributed by atoms with van der Waals surface area (Å²) in [6.45, 7) is 1.42. The van der Waals surface area contributed by atoms with Crippen LogP contribution < -0.4 is 11.1 Å². The second-order valence-electron chi connectivity index (χ2n) is 2.71. The lowest BCUT2D eigenvalue weighted by Crippen LogP contribution is -2.22. The van der Waals surface area contributed by atoms with E-state index in [4.69, 9.17) is 5.73 Å². The molecule has 0 aromatic carbocycles. The Morgan fingerprint density at radius 3 is 2.53 bits per heavy atom. The maximum atomic E-state index is 12.3. The summed E-state index contributed by atoms with van der Waals surface area (Å²) in [6.07, 6.45) is -4.51. The zero-order valence-corrected chi connectivity index (χ0v) is 8.41. The van der Waals surface area contributed by atoms with Crippen LogP contribution in [0.3, 0.4) is 0 Å². The molecule has 8 heteroatoms. The SMILES string of the molecule is Cc1cc(C(F)(F)F)nc(NC(N)=S)n1. The van der Waals surface area contributed by atoms with Crippen molar-refractivity contribution in [1.29, 1.82) is 0 Å². The Labute approximate surface area is 88.7 Å². The standard InChI is InChI=1S/C7H7F3N4S/c1-3-2-4(7(8,9)10)13-6(12-3)14-5(11)15/h2H,1H3,(H3,11,12,13,14,15). The number of nitrogens with one attached hydrogen (secondary N) is 1. The molecule has 82 valence electrons. The minimum Gasteiger partial charge on any atom is -0.376 e. The Balaban J connectivity index is 3.11. The van der Waals surface area contributed by atoms with E-state index in [1.165, 1.54) is 6.92 Å². The summed E-state index contributed by atoms with van der Waals surface area (Å²) in [7, 11) is 0. The Morgan fingerprint density at radius 2 is 2.07 bits per heavy atom. The summed E-state index contributed by atoms with van der Waals surface area (Å²) in [5.74, 6) is -0.255. The highest BCUT2D eigenvalue weighted by Crippen LogP contribution is 2.28. The van der Waals surface area contributed by atoms with Crippen LogP contribution in [0.5, 0.6) is 0 Å². The van der Waals surface area contributed by atoms with E-state index in [1.807, 2.05) is 0 Å². The van der Waals surface area contributed by atoms with Gasteiger partial charge in [0.2, 0.25) is 5.95 Å². The Kier molecular flexibility index (Phi) is 3.08. The number of anilines is 1. The van der Waals surface area contributed by atoms with Crippen LogP contribution in [-0.4, -0.2) is 15.1 Å². The Morgan fingerprint density at radius 1 is 1.47 bits per heavy atom. The van der Waals surface area contributed by atoms with Gasteiger partial charge in [0.05, 0.1) is 0 Å². The van der Waals surface area contributed by atoms with E-state index >= 15 is 0 Å². The van der Waals surface area contributed by atoms with Gasteiger partial charge in [-0.05, 0) is 25.2 Å². The molecule has 0 fully saturated rings. The average molecular weight is 236 g/mol. The third kappa shape index (κ3) is 3.31. The minimum atomic E-state index is -4.51. The molecule has 0 radical (unpaired) electrons. The number of hydrogen-bond acceptors (Lipinski definition) is 3. The molecule has 0 aliphatic carbocycles. The molecule has 0 aliphatic rings. The predicted octanol–water partition coefficient (Wildman–Crippen LogP) is 1.46. The Bertz CT molecular complexity index is 390. The van der Waals surface area contributed by atoms with Gasteiger partial charge in [-0.25, -0.2) is 9.97 Å². The summed E-state index contributed by atoms with van der Waals surface area (Å²) in [5, 5.41) is 2.06.